The van der Waals surface area contributed by atoms with Crippen molar-refractivity contribution in [3.05, 3.63) is 118 Å². The first-order chi connectivity index (χ1) is 34.7. The standard InChI is InChI=1S/C55H61F2N7O8/c1-33(63-45-21-19-37-24-27-62(54(69)71-4)32-44(37)48(45)59-52(63)60-25-9-11-40(30-60)50(65)66)28-35-10-8-14-42(29-35)72-51(67)39-17-15-38(16-18-39)49-58-47-43-31-61(53(68)70-3)26-23-36(43)20-22-46(47)64(49)34(2)55(56,57)41-12-6-5-7-13-41/h5-8,10,12-14,19-22,29,33-34,38-40H,9,11,15-18,23-28,30-32H2,1-4H3,(H,65,66)/t33-,34+,38?,39?,40+/m1/s1. The van der Waals surface area contributed by atoms with Crippen molar-refractivity contribution >= 4 is 52.1 Å². The van der Waals surface area contributed by atoms with Gasteiger partial charge in [0.2, 0.25) is 5.95 Å². The number of piperidine rings is 1. The normalized spacial score (nSPS) is 20.1. The van der Waals surface area contributed by atoms with E-state index in [0.717, 1.165) is 38.9 Å². The van der Waals surface area contributed by atoms with Gasteiger partial charge in [0.15, 0.2) is 0 Å². The van der Waals surface area contributed by atoms with Gasteiger partial charge in [-0.2, -0.15) is 8.78 Å². The van der Waals surface area contributed by atoms with Crippen LogP contribution in [-0.4, -0.2) is 98.5 Å². The van der Waals surface area contributed by atoms with E-state index in [0.29, 0.717) is 119 Å². The zero-order valence-corrected chi connectivity index (χ0v) is 41.2. The number of carboxylic acids is 1. The molecule has 10 rings (SSSR count). The number of aromatic nitrogens is 4. The average molecular weight is 986 g/mol. The number of benzene rings is 4. The molecule has 3 aliphatic heterocycles. The maximum Gasteiger partial charge on any atom is 0.409 e. The molecule has 0 spiro atoms. The predicted molar refractivity (Wildman–Crippen MR) is 265 cm³/mol. The van der Waals surface area contributed by atoms with Crippen LogP contribution in [0.1, 0.15) is 110 Å². The number of aliphatic carboxylic acids is 1. The van der Waals surface area contributed by atoms with Crippen molar-refractivity contribution in [2.24, 2.45) is 11.8 Å². The van der Waals surface area contributed by atoms with Gasteiger partial charge >= 0.3 is 24.1 Å². The second kappa shape index (κ2) is 19.9. The summed E-state index contributed by atoms with van der Waals surface area (Å²) in [5, 5.41) is 10.0. The molecule has 1 saturated heterocycles. The Balaban J connectivity index is 0.876. The quantitative estimate of drug-likeness (QED) is 0.0972. The number of nitrogens with zero attached hydrogens (tertiary/aromatic N) is 7. The summed E-state index contributed by atoms with van der Waals surface area (Å²) >= 11 is 0. The minimum atomic E-state index is -3.24. The molecule has 15 nitrogen and oxygen atoms in total. The van der Waals surface area contributed by atoms with Crippen LogP contribution in [0, 0.1) is 11.8 Å². The maximum atomic E-state index is 16.6. The van der Waals surface area contributed by atoms with Gasteiger partial charge in [-0.15, -0.1) is 0 Å². The molecule has 3 atom stereocenters. The molecular weight excluding hydrogens is 925 g/mol. The number of esters is 1. The van der Waals surface area contributed by atoms with Crippen LogP contribution in [-0.2, 0) is 57.3 Å². The molecule has 0 bridgehead atoms. The van der Waals surface area contributed by atoms with Crippen LogP contribution in [0.5, 0.6) is 5.75 Å². The highest BCUT2D eigenvalue weighted by atomic mass is 19.3. The molecule has 378 valence electrons. The summed E-state index contributed by atoms with van der Waals surface area (Å²) in [7, 11) is 2.72. The lowest BCUT2D eigenvalue weighted by molar-refractivity contribution is -0.142. The molecule has 72 heavy (non-hydrogen) atoms. The Morgan fingerprint density at radius 3 is 1.99 bits per heavy atom. The van der Waals surface area contributed by atoms with Gasteiger partial charge in [0.1, 0.15) is 17.6 Å². The number of carboxylic acid groups (broad SMARTS) is 1. The number of methoxy groups -OCH3 is 2. The predicted octanol–water partition coefficient (Wildman–Crippen LogP) is 9.97. The van der Waals surface area contributed by atoms with Crippen LogP contribution in [0.3, 0.4) is 0 Å². The highest BCUT2D eigenvalue weighted by Crippen LogP contribution is 2.46. The molecule has 0 radical (unpaired) electrons. The largest absolute Gasteiger partial charge is 0.481 e. The molecule has 5 heterocycles. The van der Waals surface area contributed by atoms with E-state index in [2.05, 4.69) is 28.5 Å². The number of hydrogen-bond donors (Lipinski definition) is 1. The van der Waals surface area contributed by atoms with Crippen LogP contribution in [0.4, 0.5) is 24.3 Å². The summed E-state index contributed by atoms with van der Waals surface area (Å²) in [4.78, 5) is 67.2. The number of rotatable bonds is 11. The summed E-state index contributed by atoms with van der Waals surface area (Å²) < 4.78 is 53.2. The molecule has 1 N–H and O–H groups in total. The fraction of sp³-hybridized carbons (Fsp3) is 0.455. The van der Waals surface area contributed by atoms with Crippen molar-refractivity contribution in [1.82, 2.24) is 28.9 Å². The summed E-state index contributed by atoms with van der Waals surface area (Å²) in [6.45, 7) is 6.25. The number of hydrogen-bond acceptors (Lipinski definition) is 10. The van der Waals surface area contributed by atoms with Crippen molar-refractivity contribution in [1.29, 1.82) is 0 Å². The number of halogens is 2. The second-order valence-electron chi connectivity index (χ2n) is 20.0. The van der Waals surface area contributed by atoms with Crippen LogP contribution in [0.15, 0.2) is 78.9 Å². The minimum Gasteiger partial charge on any atom is -0.481 e. The van der Waals surface area contributed by atoms with Crippen molar-refractivity contribution < 1.29 is 47.3 Å². The van der Waals surface area contributed by atoms with Crippen LogP contribution < -0.4 is 9.64 Å². The molecule has 2 aromatic heterocycles. The zero-order valence-electron chi connectivity index (χ0n) is 41.2. The van der Waals surface area contributed by atoms with Gasteiger partial charge in [-0.3, -0.25) is 9.59 Å². The third-order valence-electron chi connectivity index (χ3n) is 15.6. The molecule has 1 saturated carbocycles. The zero-order chi connectivity index (χ0) is 50.4. The van der Waals surface area contributed by atoms with Crippen LogP contribution in [0.2, 0.25) is 0 Å². The monoisotopic (exact) mass is 985 g/mol. The number of ether oxygens (including phenoxy) is 3. The average Bonchev–Trinajstić information content (AvgIpc) is 4.01. The minimum absolute atomic E-state index is 0.0914. The Kier molecular flexibility index (Phi) is 13.4. The molecule has 6 aromatic rings. The van der Waals surface area contributed by atoms with Gasteiger partial charge in [0, 0.05) is 54.8 Å². The number of carbonyl (C=O) groups excluding carboxylic acids is 3. The van der Waals surface area contributed by atoms with E-state index >= 15 is 8.78 Å². The SMILES string of the molecule is COC(=O)N1CCc2ccc3c(nc(N4CCC[C@H](C(=O)O)C4)n3[C@H](C)Cc3cccc(OC(=O)C4CCC(c5nc6c7c(ccc6n5[C@@H](C)C(F)(F)c5ccccc5)CCN(C(=O)OC)C7)CC4)c3)c2C1. The fourth-order valence-corrected chi connectivity index (χ4v) is 11.7. The molecule has 2 fully saturated rings. The van der Waals surface area contributed by atoms with E-state index in [9.17, 15) is 24.3 Å². The van der Waals surface area contributed by atoms with Crippen LogP contribution in [0.25, 0.3) is 22.1 Å². The first kappa shape index (κ1) is 48.6. The van der Waals surface area contributed by atoms with Gasteiger partial charge in [0.25, 0.3) is 5.92 Å². The highest BCUT2D eigenvalue weighted by Gasteiger charge is 2.43. The van der Waals surface area contributed by atoms with Crippen molar-refractivity contribution in [2.75, 3.05) is 45.3 Å². The molecule has 2 amide bonds. The second-order valence-corrected chi connectivity index (χ2v) is 20.0. The van der Waals surface area contributed by atoms with E-state index in [1.807, 2.05) is 30.3 Å². The Labute approximate surface area is 416 Å². The summed E-state index contributed by atoms with van der Waals surface area (Å²) in [5.41, 5.74) is 7.60. The number of amides is 2. The van der Waals surface area contributed by atoms with Crippen molar-refractivity contribution in [3.8, 4) is 5.75 Å². The molecule has 17 heteroatoms. The van der Waals surface area contributed by atoms with Gasteiger partial charge < -0.3 is 43.2 Å². The summed E-state index contributed by atoms with van der Waals surface area (Å²) in [6, 6.07) is 21.9. The van der Waals surface area contributed by atoms with E-state index in [-0.39, 0.29) is 30.0 Å². The Morgan fingerprint density at radius 1 is 0.736 bits per heavy atom. The topological polar surface area (TPSA) is 162 Å². The summed E-state index contributed by atoms with van der Waals surface area (Å²) in [6.07, 6.45) is 4.30. The number of alkyl halides is 2. The van der Waals surface area contributed by atoms with E-state index < -0.39 is 42.0 Å². The van der Waals surface area contributed by atoms with E-state index in [1.165, 1.54) is 33.3 Å². The molecule has 4 aliphatic rings. The third-order valence-corrected chi connectivity index (χ3v) is 15.6. The Bertz CT molecular complexity index is 3040. The summed E-state index contributed by atoms with van der Waals surface area (Å²) in [5.74, 6) is -3.91. The number of imidazole rings is 2. The smallest absolute Gasteiger partial charge is 0.409 e. The molecular formula is C55H61F2N7O8. The van der Waals surface area contributed by atoms with Gasteiger partial charge in [-0.05, 0) is 113 Å². The number of fused-ring (bicyclic) bond motifs is 6. The van der Waals surface area contributed by atoms with E-state index in [1.54, 1.807) is 38.6 Å². The third kappa shape index (κ3) is 9.10. The fourth-order valence-electron chi connectivity index (χ4n) is 11.7. The lowest BCUT2D eigenvalue weighted by atomic mass is 9.81. The van der Waals surface area contributed by atoms with E-state index in [4.69, 9.17) is 24.2 Å². The van der Waals surface area contributed by atoms with Crippen molar-refractivity contribution in [2.45, 2.75) is 109 Å². The molecule has 1 aliphatic carbocycles. The van der Waals surface area contributed by atoms with Gasteiger partial charge in [0.05, 0.1) is 61.2 Å². The number of anilines is 1. The molecule has 0 unspecified atom stereocenters. The lowest BCUT2D eigenvalue weighted by Crippen LogP contribution is -2.40. The number of carbonyl (C=O) groups is 4. The Morgan fingerprint density at radius 2 is 1.36 bits per heavy atom. The first-order valence-electron chi connectivity index (χ1n) is 25.2. The highest BCUT2D eigenvalue weighted by molar-refractivity contribution is 5.85. The van der Waals surface area contributed by atoms with Gasteiger partial charge in [-0.25, -0.2) is 19.6 Å². The van der Waals surface area contributed by atoms with Gasteiger partial charge in [-0.1, -0.05) is 54.6 Å². The van der Waals surface area contributed by atoms with Crippen LogP contribution >= 0.6 is 0 Å². The lowest BCUT2D eigenvalue weighted by Gasteiger charge is -2.33. The maximum absolute atomic E-state index is 16.6. The molecule has 4 aromatic carbocycles. The first-order valence-corrected chi connectivity index (χ1v) is 25.2. The Hall–Kier alpha value is -7.04. The van der Waals surface area contributed by atoms with Crippen molar-refractivity contribution in [3.63, 3.8) is 0 Å².